The molecule has 1 amide bonds. The van der Waals surface area contributed by atoms with Crippen LogP contribution in [-0.2, 0) is 11.2 Å². The van der Waals surface area contributed by atoms with Gasteiger partial charge in [-0.2, -0.15) is 13.2 Å². The average Bonchev–Trinajstić information content (AvgIpc) is 3.17. The third-order valence-electron chi connectivity index (χ3n) is 6.41. The molecule has 8 nitrogen and oxygen atoms in total. The van der Waals surface area contributed by atoms with Gasteiger partial charge in [0.2, 0.25) is 0 Å². The van der Waals surface area contributed by atoms with E-state index in [9.17, 15) is 27.2 Å². The lowest BCUT2D eigenvalue weighted by Crippen LogP contribution is -2.99. The summed E-state index contributed by atoms with van der Waals surface area (Å²) in [5, 5.41) is 11.6. The van der Waals surface area contributed by atoms with E-state index in [0.717, 1.165) is 24.9 Å². The lowest BCUT2D eigenvalue weighted by atomic mass is 9.92. The van der Waals surface area contributed by atoms with Crippen molar-refractivity contribution in [1.29, 1.82) is 0 Å². The van der Waals surface area contributed by atoms with Crippen molar-refractivity contribution >= 4 is 40.6 Å². The van der Waals surface area contributed by atoms with Crippen LogP contribution in [0.5, 0.6) is 0 Å². The first-order chi connectivity index (χ1) is 17.4. The van der Waals surface area contributed by atoms with Gasteiger partial charge in [-0.1, -0.05) is 29.3 Å². The second-order valence-electron chi connectivity index (χ2n) is 8.81. The monoisotopic (exact) mass is 562 g/mol. The summed E-state index contributed by atoms with van der Waals surface area (Å²) in [6.45, 7) is 1.53. The highest BCUT2D eigenvalue weighted by Crippen LogP contribution is 2.27. The minimum Gasteiger partial charge on any atom is -0.542 e. The summed E-state index contributed by atoms with van der Waals surface area (Å²) in [5.41, 5.74) is 1.53. The lowest BCUT2D eigenvalue weighted by Gasteiger charge is -2.43. The molecule has 3 saturated heterocycles. The Morgan fingerprint density at radius 2 is 1.89 bits per heavy atom. The van der Waals surface area contributed by atoms with Gasteiger partial charge in [0.05, 0.1) is 29.7 Å². The molecular formula is C23H20Cl2F4N4O4. The fraction of sp³-hybridized carbons (Fsp3) is 0.348. The van der Waals surface area contributed by atoms with Gasteiger partial charge in [-0.05, 0) is 30.2 Å². The van der Waals surface area contributed by atoms with Gasteiger partial charge in [-0.15, -0.1) is 0 Å². The minimum absolute atomic E-state index is 0.0809. The van der Waals surface area contributed by atoms with E-state index >= 15 is 0 Å². The second-order valence-corrected chi connectivity index (χ2v) is 9.57. The smallest absolute Gasteiger partial charge is 0.430 e. The van der Waals surface area contributed by atoms with Gasteiger partial charge < -0.3 is 25.1 Å². The highest BCUT2D eigenvalue weighted by Gasteiger charge is 2.40. The van der Waals surface area contributed by atoms with Crippen molar-refractivity contribution in [1.82, 2.24) is 14.3 Å². The number of H-pyrrole nitrogens is 1. The molecule has 37 heavy (non-hydrogen) atoms. The number of aromatic nitrogens is 2. The number of aliphatic carboxylic acids is 1. The molecule has 198 valence electrons. The number of hydrogen-bond donors (Lipinski definition) is 2. The Labute approximate surface area is 216 Å². The summed E-state index contributed by atoms with van der Waals surface area (Å²) in [6.07, 6.45) is -1.23. The Bertz CT molecular complexity index is 1410. The van der Waals surface area contributed by atoms with Crippen LogP contribution in [0.1, 0.15) is 34.5 Å². The molecule has 2 unspecified atom stereocenters. The quantitative estimate of drug-likeness (QED) is 0.471. The number of nitrogens with zero attached hydrogens (tertiary/aromatic N) is 2. The summed E-state index contributed by atoms with van der Waals surface area (Å²) in [5.74, 6) is -3.79. The summed E-state index contributed by atoms with van der Waals surface area (Å²) in [6, 6.07) is 6.63. The number of aromatic amines is 1. The van der Waals surface area contributed by atoms with E-state index < -0.39 is 18.0 Å². The van der Waals surface area contributed by atoms with E-state index in [1.54, 1.807) is 22.7 Å². The number of piperidine rings is 2. The number of amides is 1. The number of hydrogen-bond acceptors (Lipinski definition) is 4. The zero-order valence-electron chi connectivity index (χ0n) is 18.9. The molecule has 0 radical (unpaired) electrons. The van der Waals surface area contributed by atoms with Crippen LogP contribution in [-0.4, -0.2) is 57.5 Å². The average molecular weight is 563 g/mol. The molecular weight excluding hydrogens is 543 g/mol. The van der Waals surface area contributed by atoms with Gasteiger partial charge in [-0.3, -0.25) is 14.0 Å². The number of nitrogens with two attached hydrogens (primary N) is 1. The van der Waals surface area contributed by atoms with Crippen LogP contribution in [0.25, 0.3) is 5.52 Å². The number of carbonyl (C=O) groups is 2. The van der Waals surface area contributed by atoms with Crippen LogP contribution in [0.2, 0.25) is 10.2 Å². The number of piperazine rings is 1. The molecule has 3 aliphatic heterocycles. The van der Waals surface area contributed by atoms with Crippen molar-refractivity contribution in [2.24, 2.45) is 0 Å². The summed E-state index contributed by atoms with van der Waals surface area (Å²) in [4.78, 5) is 38.5. The maximum atomic E-state index is 14.6. The normalized spacial score (nSPS) is 19.0. The van der Waals surface area contributed by atoms with Gasteiger partial charge >= 0.3 is 6.18 Å². The molecule has 2 bridgehead atoms. The molecule has 1 aromatic carbocycles. The Kier molecular flexibility index (Phi) is 7.54. The van der Waals surface area contributed by atoms with Gasteiger partial charge in [-0.25, -0.2) is 4.39 Å². The molecule has 0 spiro atoms. The number of quaternary nitrogens is 1. The standard InChI is InChI=1S/C21H19Cl2FN4O2.C2HF3O2/c22-16-7-18-20(29)26-9-14(28(18)19(16)23)5-11-1-4-17(24)15(6-11)21(30)27-10-12-2-3-13(27)8-25-12;3-2(4,5)1(6)7/h1,4,6-7,9,12-13,25H,2-3,5,8,10H2,(H,26,29);(H,6,7). The zero-order valence-corrected chi connectivity index (χ0v) is 20.5. The Morgan fingerprint density at radius 3 is 2.46 bits per heavy atom. The predicted octanol–water partition coefficient (Wildman–Crippen LogP) is 1.51. The number of carbonyl (C=O) groups excluding carboxylic acids is 2. The third-order valence-corrected chi connectivity index (χ3v) is 7.17. The van der Waals surface area contributed by atoms with Gasteiger partial charge in [0, 0.05) is 24.7 Å². The highest BCUT2D eigenvalue weighted by atomic mass is 35.5. The lowest BCUT2D eigenvalue weighted by molar-refractivity contribution is -0.711. The first kappa shape index (κ1) is 27.0. The van der Waals surface area contributed by atoms with Crippen LogP contribution in [0.15, 0.2) is 35.3 Å². The highest BCUT2D eigenvalue weighted by molar-refractivity contribution is 6.42. The molecule has 14 heteroatoms. The van der Waals surface area contributed by atoms with Gasteiger partial charge in [0.15, 0.2) is 0 Å². The number of carboxylic acids is 1. The number of alkyl halides is 3. The third kappa shape index (κ3) is 5.60. The second kappa shape index (κ2) is 10.3. The molecule has 3 aromatic rings. The van der Waals surface area contributed by atoms with Crippen molar-refractivity contribution in [3.05, 3.63) is 73.6 Å². The number of halogens is 6. The van der Waals surface area contributed by atoms with Gasteiger partial charge in [0.25, 0.3) is 11.5 Å². The molecule has 0 saturated carbocycles. The maximum Gasteiger partial charge on any atom is 0.430 e. The number of benzene rings is 1. The minimum atomic E-state index is -5.19. The molecule has 2 aromatic heterocycles. The van der Waals surface area contributed by atoms with E-state index in [-0.39, 0.29) is 33.2 Å². The molecule has 6 rings (SSSR count). The molecule has 3 aliphatic rings. The molecule has 3 N–H and O–H groups in total. The predicted molar refractivity (Wildman–Crippen MR) is 123 cm³/mol. The summed E-state index contributed by atoms with van der Waals surface area (Å²) < 4.78 is 47.7. The van der Waals surface area contributed by atoms with Crippen LogP contribution in [0.3, 0.4) is 0 Å². The number of carboxylic acid groups (broad SMARTS) is 1. The fourth-order valence-corrected chi connectivity index (χ4v) is 5.07. The number of nitrogens with one attached hydrogen (secondary N) is 1. The zero-order chi connectivity index (χ0) is 27.1. The van der Waals surface area contributed by atoms with Crippen molar-refractivity contribution in [3.8, 4) is 0 Å². The molecule has 5 heterocycles. The van der Waals surface area contributed by atoms with E-state index in [4.69, 9.17) is 33.1 Å². The van der Waals surface area contributed by atoms with E-state index in [2.05, 4.69) is 10.3 Å². The van der Waals surface area contributed by atoms with E-state index in [0.29, 0.717) is 30.2 Å². The van der Waals surface area contributed by atoms with Crippen LogP contribution in [0.4, 0.5) is 17.6 Å². The Morgan fingerprint density at radius 1 is 1.19 bits per heavy atom. The molecule has 2 atom stereocenters. The van der Waals surface area contributed by atoms with Crippen LogP contribution >= 0.6 is 23.2 Å². The molecule has 3 fully saturated rings. The number of rotatable bonds is 3. The van der Waals surface area contributed by atoms with Crippen molar-refractivity contribution in [2.45, 2.75) is 37.5 Å². The molecule has 0 aliphatic carbocycles. The maximum absolute atomic E-state index is 14.6. The van der Waals surface area contributed by atoms with Crippen molar-refractivity contribution < 1.29 is 37.6 Å². The number of fused-ring (bicyclic) bond motifs is 4. The summed E-state index contributed by atoms with van der Waals surface area (Å²) in [7, 11) is 0. The van der Waals surface area contributed by atoms with Crippen LogP contribution < -0.4 is 16.0 Å². The van der Waals surface area contributed by atoms with E-state index in [1.807, 2.05) is 4.90 Å². The van der Waals surface area contributed by atoms with E-state index in [1.165, 1.54) is 12.1 Å². The van der Waals surface area contributed by atoms with Crippen molar-refractivity contribution in [3.63, 3.8) is 0 Å². The Hall–Kier alpha value is -3.09. The first-order valence-corrected chi connectivity index (χ1v) is 11.9. The van der Waals surface area contributed by atoms with Crippen molar-refractivity contribution in [2.75, 3.05) is 13.1 Å². The van der Waals surface area contributed by atoms with Gasteiger partial charge in [0.1, 0.15) is 28.5 Å². The Balaban J connectivity index is 0.000000405. The SMILES string of the molecule is O=C([O-])C(F)(F)F.O=C(c1cc(Cc2c[nH]c(=O)c3cc(Cl)c(Cl)n23)ccc1F)N1CC2CCC1C[NH2+]2. The largest absolute Gasteiger partial charge is 0.542 e. The fourth-order valence-electron chi connectivity index (χ4n) is 4.62. The topological polar surface area (TPSA) is 114 Å². The summed E-state index contributed by atoms with van der Waals surface area (Å²) >= 11 is 12.4. The van der Waals surface area contributed by atoms with Crippen LogP contribution in [0, 0.1) is 5.82 Å². The first-order valence-electron chi connectivity index (χ1n) is 11.1.